The third kappa shape index (κ3) is 5.69. The van der Waals surface area contributed by atoms with Crippen LogP contribution in [0, 0.1) is 0 Å². The molecule has 7 nitrogen and oxygen atoms in total. The first-order valence-electron chi connectivity index (χ1n) is 8.91. The Morgan fingerprint density at radius 3 is 2.76 bits per heavy atom. The summed E-state index contributed by atoms with van der Waals surface area (Å²) in [7, 11) is 1.58. The average molecular weight is 411 g/mol. The molecule has 0 aliphatic rings. The molecule has 1 amide bonds. The van der Waals surface area contributed by atoms with Gasteiger partial charge in [0.1, 0.15) is 23.1 Å². The van der Waals surface area contributed by atoms with E-state index in [4.69, 9.17) is 14.6 Å². The van der Waals surface area contributed by atoms with E-state index >= 15 is 0 Å². The number of methoxy groups -OCH3 is 1. The number of anilines is 1. The fraction of sp³-hybridized carbons (Fsp3) is 0.190. The minimum atomic E-state index is -0.238. The van der Waals surface area contributed by atoms with Crippen molar-refractivity contribution in [3.8, 4) is 11.5 Å². The Morgan fingerprint density at radius 1 is 1.17 bits per heavy atom. The summed E-state index contributed by atoms with van der Waals surface area (Å²) in [5.74, 6) is 1.60. The Kier molecular flexibility index (Phi) is 7.43. The molecule has 0 fully saturated rings. The molecule has 0 bridgehead atoms. The lowest BCUT2D eigenvalue weighted by atomic mass is 10.2. The maximum atomic E-state index is 12.7. The molecule has 0 radical (unpaired) electrons. The molecular formula is C21H21N3O4S. The molecule has 0 unspecified atom stereocenters. The van der Waals surface area contributed by atoms with Gasteiger partial charge < -0.3 is 19.9 Å². The first-order valence-corrected chi connectivity index (χ1v) is 9.89. The third-order valence-corrected chi connectivity index (χ3v) is 5.00. The van der Waals surface area contributed by atoms with E-state index in [0.717, 1.165) is 5.56 Å². The number of ether oxygens (including phenoxy) is 2. The van der Waals surface area contributed by atoms with Crippen molar-refractivity contribution >= 4 is 23.4 Å². The summed E-state index contributed by atoms with van der Waals surface area (Å²) in [6.07, 6.45) is 4.89. The molecular weight excluding hydrogens is 390 g/mol. The molecule has 8 heteroatoms. The number of nitrogens with zero attached hydrogens (tertiary/aromatic N) is 2. The summed E-state index contributed by atoms with van der Waals surface area (Å²) in [5.41, 5.74) is 2.07. The van der Waals surface area contributed by atoms with Crippen molar-refractivity contribution in [2.45, 2.75) is 10.8 Å². The number of aliphatic hydroxyl groups excluding tert-OH is 1. The molecule has 3 rings (SSSR count). The number of aromatic nitrogens is 2. The fourth-order valence-electron chi connectivity index (χ4n) is 2.53. The van der Waals surface area contributed by atoms with Crippen LogP contribution in [-0.4, -0.2) is 41.3 Å². The Morgan fingerprint density at radius 2 is 2.00 bits per heavy atom. The van der Waals surface area contributed by atoms with E-state index in [1.54, 1.807) is 56.0 Å². The minimum Gasteiger partial charge on any atom is -0.497 e. The number of hydrogen-bond donors (Lipinski definition) is 2. The van der Waals surface area contributed by atoms with Gasteiger partial charge in [0.25, 0.3) is 5.91 Å². The summed E-state index contributed by atoms with van der Waals surface area (Å²) < 4.78 is 10.9. The lowest BCUT2D eigenvalue weighted by Crippen LogP contribution is -2.13. The zero-order valence-corrected chi connectivity index (χ0v) is 16.7. The molecule has 0 spiro atoms. The van der Waals surface area contributed by atoms with Crippen molar-refractivity contribution in [1.29, 1.82) is 0 Å². The predicted octanol–water partition coefficient (Wildman–Crippen LogP) is 3.40. The molecule has 1 aromatic carbocycles. The number of nitrogens with one attached hydrogen (secondary N) is 1. The first kappa shape index (κ1) is 20.6. The maximum Gasteiger partial charge on any atom is 0.258 e. The van der Waals surface area contributed by atoms with Crippen LogP contribution < -0.4 is 14.8 Å². The number of rotatable bonds is 9. The number of carbonyl (C=O) groups is 1. The van der Waals surface area contributed by atoms with Crippen molar-refractivity contribution in [2.75, 3.05) is 25.6 Å². The van der Waals surface area contributed by atoms with Crippen LogP contribution in [0.1, 0.15) is 15.9 Å². The van der Waals surface area contributed by atoms with Gasteiger partial charge in [0.15, 0.2) is 0 Å². The van der Waals surface area contributed by atoms with E-state index in [9.17, 15) is 4.79 Å². The van der Waals surface area contributed by atoms with Gasteiger partial charge in [-0.3, -0.25) is 9.78 Å². The normalized spacial score (nSPS) is 10.4. The van der Waals surface area contributed by atoms with E-state index in [0.29, 0.717) is 33.5 Å². The van der Waals surface area contributed by atoms with Crippen LogP contribution in [0.4, 0.5) is 5.69 Å². The molecule has 0 aliphatic carbocycles. The summed E-state index contributed by atoms with van der Waals surface area (Å²) in [6.45, 7) is 0.109. The quantitative estimate of drug-likeness (QED) is 0.521. The Labute approximate surface area is 173 Å². The number of benzene rings is 1. The summed E-state index contributed by atoms with van der Waals surface area (Å²) in [6, 6.07) is 12.4. The number of aliphatic hydroxyl groups is 1. The Hall–Kier alpha value is -3.10. The van der Waals surface area contributed by atoms with Crippen LogP contribution in [0.15, 0.2) is 66.1 Å². The van der Waals surface area contributed by atoms with Crippen molar-refractivity contribution in [3.63, 3.8) is 0 Å². The third-order valence-electron chi connectivity index (χ3n) is 3.94. The lowest BCUT2D eigenvalue weighted by Gasteiger charge is -2.13. The standard InChI is InChI=1S/C21H21N3O4S/c1-27-17-5-4-15(19(13-17)28-12-11-25)14-29-21-18(3-2-8-23-21)20(26)24-16-6-9-22-10-7-16/h2-10,13,25H,11-12,14H2,1H3,(H,22,24,26). The molecule has 2 aromatic heterocycles. The number of amides is 1. The van der Waals surface area contributed by atoms with E-state index in [1.807, 2.05) is 12.1 Å². The average Bonchev–Trinajstić information content (AvgIpc) is 2.77. The van der Waals surface area contributed by atoms with Gasteiger partial charge in [-0.25, -0.2) is 4.98 Å². The highest BCUT2D eigenvalue weighted by Crippen LogP contribution is 2.31. The van der Waals surface area contributed by atoms with Crippen LogP contribution in [0.3, 0.4) is 0 Å². The zero-order valence-electron chi connectivity index (χ0n) is 15.9. The fourth-order valence-corrected chi connectivity index (χ4v) is 3.51. The number of carbonyl (C=O) groups excluding carboxylic acids is 1. The van der Waals surface area contributed by atoms with Crippen molar-refractivity contribution in [3.05, 3.63) is 72.2 Å². The van der Waals surface area contributed by atoms with Crippen LogP contribution >= 0.6 is 11.8 Å². The topological polar surface area (TPSA) is 93.6 Å². The number of hydrogen-bond acceptors (Lipinski definition) is 7. The van der Waals surface area contributed by atoms with Gasteiger partial charge >= 0.3 is 0 Å². The van der Waals surface area contributed by atoms with Crippen LogP contribution in [0.25, 0.3) is 0 Å². The second-order valence-electron chi connectivity index (χ2n) is 5.88. The minimum absolute atomic E-state index is 0.0800. The van der Waals surface area contributed by atoms with Gasteiger partial charge in [-0.05, 0) is 30.3 Å². The van der Waals surface area contributed by atoms with Crippen LogP contribution in [-0.2, 0) is 5.75 Å². The molecule has 150 valence electrons. The number of thioether (sulfide) groups is 1. The van der Waals surface area contributed by atoms with Gasteiger partial charge in [0.05, 0.1) is 19.3 Å². The van der Waals surface area contributed by atoms with E-state index < -0.39 is 0 Å². The molecule has 2 heterocycles. The first-order chi connectivity index (χ1) is 14.2. The van der Waals surface area contributed by atoms with E-state index in [1.165, 1.54) is 11.8 Å². The van der Waals surface area contributed by atoms with Gasteiger partial charge in [-0.15, -0.1) is 11.8 Å². The van der Waals surface area contributed by atoms with E-state index in [-0.39, 0.29) is 19.1 Å². The van der Waals surface area contributed by atoms with Gasteiger partial charge in [-0.2, -0.15) is 0 Å². The molecule has 0 atom stereocenters. The van der Waals surface area contributed by atoms with Gasteiger partial charge in [-0.1, -0.05) is 6.07 Å². The lowest BCUT2D eigenvalue weighted by molar-refractivity contribution is 0.102. The molecule has 2 N–H and O–H groups in total. The maximum absolute atomic E-state index is 12.7. The Bertz CT molecular complexity index is 954. The highest BCUT2D eigenvalue weighted by Gasteiger charge is 2.15. The van der Waals surface area contributed by atoms with Crippen LogP contribution in [0.2, 0.25) is 0 Å². The molecule has 0 aliphatic heterocycles. The van der Waals surface area contributed by atoms with Crippen molar-refractivity contribution in [1.82, 2.24) is 9.97 Å². The zero-order chi connectivity index (χ0) is 20.5. The molecule has 3 aromatic rings. The monoisotopic (exact) mass is 411 g/mol. The number of pyridine rings is 2. The highest BCUT2D eigenvalue weighted by atomic mass is 32.2. The second-order valence-corrected chi connectivity index (χ2v) is 6.84. The molecule has 0 saturated heterocycles. The highest BCUT2D eigenvalue weighted by molar-refractivity contribution is 7.98. The van der Waals surface area contributed by atoms with Crippen LogP contribution in [0.5, 0.6) is 11.5 Å². The largest absolute Gasteiger partial charge is 0.497 e. The Balaban J connectivity index is 1.75. The van der Waals surface area contributed by atoms with Crippen molar-refractivity contribution < 1.29 is 19.4 Å². The van der Waals surface area contributed by atoms with Gasteiger partial charge in [0, 0.05) is 41.7 Å². The molecule has 0 saturated carbocycles. The van der Waals surface area contributed by atoms with E-state index in [2.05, 4.69) is 15.3 Å². The summed E-state index contributed by atoms with van der Waals surface area (Å²) >= 11 is 1.43. The summed E-state index contributed by atoms with van der Waals surface area (Å²) in [5, 5.41) is 12.5. The van der Waals surface area contributed by atoms with Crippen molar-refractivity contribution in [2.24, 2.45) is 0 Å². The smallest absolute Gasteiger partial charge is 0.258 e. The second kappa shape index (κ2) is 10.4. The predicted molar refractivity (Wildman–Crippen MR) is 112 cm³/mol. The summed E-state index contributed by atoms with van der Waals surface area (Å²) in [4.78, 5) is 21.0. The SMILES string of the molecule is COc1ccc(CSc2ncccc2C(=O)Nc2ccncc2)c(OCCO)c1. The molecule has 29 heavy (non-hydrogen) atoms. The van der Waals surface area contributed by atoms with Gasteiger partial charge in [0.2, 0.25) is 0 Å².